The number of rotatable bonds is 2. The molecule has 0 amide bonds. The summed E-state index contributed by atoms with van der Waals surface area (Å²) in [6.07, 6.45) is 0. The van der Waals surface area contributed by atoms with Gasteiger partial charge in [0.15, 0.2) is 0 Å². The van der Waals surface area contributed by atoms with Crippen molar-refractivity contribution in [2.75, 3.05) is 11.9 Å². The van der Waals surface area contributed by atoms with E-state index < -0.39 is 0 Å². The first kappa shape index (κ1) is 10.4. The van der Waals surface area contributed by atoms with E-state index in [2.05, 4.69) is 27.3 Å². The van der Waals surface area contributed by atoms with Crippen LogP contribution in [0.15, 0.2) is 16.6 Å². The van der Waals surface area contributed by atoms with Gasteiger partial charge in [-0.2, -0.15) is 5.26 Å². The smallest absolute Gasteiger partial charge is 0.101 e. The van der Waals surface area contributed by atoms with Gasteiger partial charge in [0.25, 0.3) is 0 Å². The number of nitriles is 1. The van der Waals surface area contributed by atoms with Gasteiger partial charge in [0.05, 0.1) is 11.3 Å². The number of nitrogens with one attached hydrogen (secondary N) is 1. The minimum Gasteiger partial charge on any atom is -0.383 e. The number of nitrogens with zero attached hydrogens (tertiary/aromatic N) is 1. The lowest BCUT2D eigenvalue weighted by Gasteiger charge is -2.08. The van der Waals surface area contributed by atoms with Crippen molar-refractivity contribution in [1.29, 1.82) is 5.26 Å². The van der Waals surface area contributed by atoms with Gasteiger partial charge >= 0.3 is 0 Å². The summed E-state index contributed by atoms with van der Waals surface area (Å²) in [5.74, 6) is 0. The molecule has 0 aliphatic carbocycles. The highest BCUT2D eigenvalue weighted by atomic mass is 79.9. The number of anilines is 1. The molecular formula is C9H8BrClN2. The molecule has 0 saturated carbocycles. The molecule has 1 N–H and O–H groups in total. The minimum absolute atomic E-state index is 0.557. The van der Waals surface area contributed by atoms with E-state index in [1.165, 1.54) is 0 Å². The fourth-order valence-electron chi connectivity index (χ4n) is 1.02. The Morgan fingerprint density at radius 3 is 2.85 bits per heavy atom. The maximum Gasteiger partial charge on any atom is 0.101 e. The van der Waals surface area contributed by atoms with Crippen molar-refractivity contribution in [3.63, 3.8) is 0 Å². The predicted octanol–water partition coefficient (Wildman–Crippen LogP) is 3.41. The van der Waals surface area contributed by atoms with Crippen molar-refractivity contribution in [2.24, 2.45) is 0 Å². The molecule has 0 aliphatic rings. The molecule has 68 valence electrons. The van der Waals surface area contributed by atoms with Crippen LogP contribution in [0.3, 0.4) is 0 Å². The number of benzene rings is 1. The summed E-state index contributed by atoms with van der Waals surface area (Å²) in [4.78, 5) is 0. The largest absolute Gasteiger partial charge is 0.383 e. The monoisotopic (exact) mass is 258 g/mol. The number of hydrogen-bond donors (Lipinski definition) is 1. The van der Waals surface area contributed by atoms with Crippen LogP contribution in [0.1, 0.15) is 12.5 Å². The molecule has 0 bridgehead atoms. The Bertz CT molecular complexity index is 357. The van der Waals surface area contributed by atoms with Gasteiger partial charge in [0.2, 0.25) is 0 Å². The van der Waals surface area contributed by atoms with Crippen molar-refractivity contribution in [1.82, 2.24) is 0 Å². The maximum absolute atomic E-state index is 8.82. The molecule has 1 aromatic carbocycles. The highest BCUT2D eigenvalue weighted by molar-refractivity contribution is 9.10. The lowest BCUT2D eigenvalue weighted by molar-refractivity contribution is 1.20. The van der Waals surface area contributed by atoms with Crippen molar-refractivity contribution >= 4 is 33.2 Å². The second-order valence-electron chi connectivity index (χ2n) is 2.45. The quantitative estimate of drug-likeness (QED) is 0.883. The first-order valence-corrected chi connectivity index (χ1v) is 4.99. The molecule has 13 heavy (non-hydrogen) atoms. The summed E-state index contributed by atoms with van der Waals surface area (Å²) >= 11 is 9.13. The lowest BCUT2D eigenvalue weighted by Crippen LogP contribution is -2.00. The van der Waals surface area contributed by atoms with Crippen molar-refractivity contribution < 1.29 is 0 Å². The first-order chi connectivity index (χ1) is 6.19. The van der Waals surface area contributed by atoms with Crippen LogP contribution >= 0.6 is 27.5 Å². The average molecular weight is 260 g/mol. The Morgan fingerprint density at radius 2 is 2.31 bits per heavy atom. The van der Waals surface area contributed by atoms with Gasteiger partial charge in [-0.25, -0.2) is 0 Å². The number of halogens is 2. The summed E-state index contributed by atoms with van der Waals surface area (Å²) in [6.45, 7) is 2.75. The van der Waals surface area contributed by atoms with E-state index in [-0.39, 0.29) is 0 Å². The zero-order chi connectivity index (χ0) is 9.84. The lowest BCUT2D eigenvalue weighted by atomic mass is 10.2. The third kappa shape index (κ3) is 2.36. The van der Waals surface area contributed by atoms with Crippen LogP contribution in [-0.4, -0.2) is 6.54 Å². The molecule has 4 heteroatoms. The van der Waals surface area contributed by atoms with Crippen LogP contribution in [0.5, 0.6) is 0 Å². The van der Waals surface area contributed by atoms with Gasteiger partial charge in [-0.3, -0.25) is 0 Å². The SMILES string of the molecule is CCNc1c(Br)cc(Cl)cc1C#N. The Kier molecular flexibility index (Phi) is 3.58. The van der Waals surface area contributed by atoms with Crippen LogP contribution < -0.4 is 5.32 Å². The topological polar surface area (TPSA) is 35.8 Å². The Balaban J connectivity index is 3.23. The molecule has 0 aliphatic heterocycles. The minimum atomic E-state index is 0.557. The van der Waals surface area contributed by atoms with Crippen LogP contribution in [0.4, 0.5) is 5.69 Å². The molecule has 0 spiro atoms. The van der Waals surface area contributed by atoms with Gasteiger partial charge in [-0.05, 0) is 35.0 Å². The fourth-order valence-corrected chi connectivity index (χ4v) is 1.97. The average Bonchev–Trinajstić information content (AvgIpc) is 2.09. The van der Waals surface area contributed by atoms with Gasteiger partial charge in [-0.15, -0.1) is 0 Å². The summed E-state index contributed by atoms with van der Waals surface area (Å²) in [6, 6.07) is 5.49. The highest BCUT2D eigenvalue weighted by Gasteiger charge is 2.06. The number of hydrogen-bond acceptors (Lipinski definition) is 2. The highest BCUT2D eigenvalue weighted by Crippen LogP contribution is 2.29. The summed E-state index contributed by atoms with van der Waals surface area (Å²) in [5, 5.41) is 12.5. The summed E-state index contributed by atoms with van der Waals surface area (Å²) in [5.41, 5.74) is 1.36. The van der Waals surface area contributed by atoms with Crippen molar-refractivity contribution in [3.05, 3.63) is 27.2 Å². The van der Waals surface area contributed by atoms with Crippen LogP contribution in [0, 0.1) is 11.3 Å². The van der Waals surface area contributed by atoms with E-state index in [9.17, 15) is 0 Å². The van der Waals surface area contributed by atoms with Crippen molar-refractivity contribution in [2.45, 2.75) is 6.92 Å². The second kappa shape index (κ2) is 4.50. The van der Waals surface area contributed by atoms with Gasteiger partial charge in [0.1, 0.15) is 6.07 Å². The van der Waals surface area contributed by atoms with Crippen LogP contribution in [0.2, 0.25) is 5.02 Å². The third-order valence-corrected chi connectivity index (χ3v) is 2.37. The van der Waals surface area contributed by atoms with E-state index in [0.29, 0.717) is 10.6 Å². The Morgan fingerprint density at radius 1 is 1.62 bits per heavy atom. The molecule has 0 fully saturated rings. The molecule has 1 rings (SSSR count). The van der Waals surface area contributed by atoms with E-state index in [1.807, 2.05) is 6.92 Å². The van der Waals surface area contributed by atoms with E-state index in [1.54, 1.807) is 12.1 Å². The molecule has 0 unspecified atom stereocenters. The van der Waals surface area contributed by atoms with E-state index in [0.717, 1.165) is 16.7 Å². The Labute approximate surface area is 90.6 Å². The molecule has 0 radical (unpaired) electrons. The van der Waals surface area contributed by atoms with Gasteiger partial charge in [0, 0.05) is 16.0 Å². The molecular weight excluding hydrogens is 251 g/mol. The zero-order valence-electron chi connectivity index (χ0n) is 7.06. The summed E-state index contributed by atoms with van der Waals surface area (Å²) in [7, 11) is 0. The molecule has 0 atom stereocenters. The fraction of sp³-hybridized carbons (Fsp3) is 0.222. The molecule has 2 nitrogen and oxygen atoms in total. The third-order valence-electron chi connectivity index (χ3n) is 1.53. The standard InChI is InChI=1S/C9H8BrClN2/c1-2-13-9-6(5-12)3-7(11)4-8(9)10/h3-4,13H,2H2,1H3. The van der Waals surface area contributed by atoms with Gasteiger partial charge in [-0.1, -0.05) is 11.6 Å². The van der Waals surface area contributed by atoms with Crippen LogP contribution in [-0.2, 0) is 0 Å². The van der Waals surface area contributed by atoms with E-state index >= 15 is 0 Å². The second-order valence-corrected chi connectivity index (χ2v) is 3.74. The summed E-state index contributed by atoms with van der Waals surface area (Å²) < 4.78 is 0.818. The van der Waals surface area contributed by atoms with Crippen molar-refractivity contribution in [3.8, 4) is 6.07 Å². The maximum atomic E-state index is 8.82. The molecule has 0 saturated heterocycles. The zero-order valence-corrected chi connectivity index (χ0v) is 9.41. The first-order valence-electron chi connectivity index (χ1n) is 3.82. The Hall–Kier alpha value is -0.720. The van der Waals surface area contributed by atoms with Crippen LogP contribution in [0.25, 0.3) is 0 Å². The normalized spacial score (nSPS) is 9.38. The molecule has 0 heterocycles. The molecule has 0 aromatic heterocycles. The van der Waals surface area contributed by atoms with Gasteiger partial charge < -0.3 is 5.32 Å². The van der Waals surface area contributed by atoms with E-state index in [4.69, 9.17) is 16.9 Å². The molecule has 1 aromatic rings. The predicted molar refractivity (Wildman–Crippen MR) is 58.0 cm³/mol.